The molecule has 0 unspecified atom stereocenters. The van der Waals surface area contributed by atoms with Crippen LogP contribution in [0.2, 0.25) is 0 Å². The molecule has 0 saturated carbocycles. The molecule has 0 N–H and O–H groups in total. The molecular weight excluding hydrogens is 314 g/mol. The molecule has 4 heteroatoms. The van der Waals surface area contributed by atoms with Crippen molar-refractivity contribution in [2.24, 2.45) is 0 Å². The van der Waals surface area contributed by atoms with Gasteiger partial charge in [0.2, 0.25) is 5.78 Å². The van der Waals surface area contributed by atoms with E-state index in [2.05, 4.69) is 64.0 Å². The molecule has 0 radical (unpaired) electrons. The average Bonchev–Trinajstić information content (AvgIpc) is 2.89. The Morgan fingerprint density at radius 2 is 1.80 bits per heavy atom. The molecule has 102 valence electrons. The number of hydrogen-bond acceptors (Lipinski definition) is 2. The van der Waals surface area contributed by atoms with Crippen molar-refractivity contribution in [3.05, 3.63) is 51.9 Å². The smallest absolute Gasteiger partial charge is 0.234 e. The molecule has 3 rings (SSSR count). The van der Waals surface area contributed by atoms with Crippen LogP contribution >= 0.6 is 15.9 Å². The van der Waals surface area contributed by atoms with Crippen LogP contribution in [0.1, 0.15) is 23.9 Å². The molecular formula is C16H16BrN3. The Labute approximate surface area is 126 Å². The zero-order valence-corrected chi connectivity index (χ0v) is 13.4. The molecule has 3 aromatic rings. The van der Waals surface area contributed by atoms with E-state index in [1.807, 2.05) is 17.5 Å². The van der Waals surface area contributed by atoms with Gasteiger partial charge in [-0.1, -0.05) is 31.2 Å². The first-order valence-corrected chi connectivity index (χ1v) is 7.50. The van der Waals surface area contributed by atoms with Gasteiger partial charge in [-0.2, -0.15) is 0 Å². The fourth-order valence-corrected chi connectivity index (χ4v) is 2.59. The van der Waals surface area contributed by atoms with Gasteiger partial charge in [-0.15, -0.1) is 0 Å². The molecule has 2 heterocycles. The Bertz CT molecular complexity index is 773. The molecule has 0 atom stereocenters. The maximum Gasteiger partial charge on any atom is 0.234 e. The van der Waals surface area contributed by atoms with Crippen molar-refractivity contribution in [2.45, 2.75) is 27.2 Å². The monoisotopic (exact) mass is 329 g/mol. The molecule has 0 fully saturated rings. The fraction of sp³-hybridized carbons (Fsp3) is 0.250. The summed E-state index contributed by atoms with van der Waals surface area (Å²) in [4.78, 5) is 9.15. The highest BCUT2D eigenvalue weighted by Crippen LogP contribution is 2.24. The van der Waals surface area contributed by atoms with E-state index in [0.717, 1.165) is 39.3 Å². The topological polar surface area (TPSA) is 30.2 Å². The van der Waals surface area contributed by atoms with Gasteiger partial charge in [0.15, 0.2) is 0 Å². The van der Waals surface area contributed by atoms with Crippen LogP contribution in [0.3, 0.4) is 0 Å². The maximum atomic E-state index is 4.63. The molecule has 0 aliphatic heterocycles. The number of halogens is 1. The van der Waals surface area contributed by atoms with Crippen LogP contribution in [0.4, 0.5) is 0 Å². The molecule has 0 saturated heterocycles. The fourth-order valence-electron chi connectivity index (χ4n) is 2.31. The Balaban J connectivity index is 2.15. The van der Waals surface area contributed by atoms with Crippen LogP contribution in [0.25, 0.3) is 17.0 Å². The van der Waals surface area contributed by atoms with Crippen molar-refractivity contribution < 1.29 is 0 Å². The van der Waals surface area contributed by atoms with Gasteiger partial charge in [-0.3, -0.25) is 4.40 Å². The summed E-state index contributed by atoms with van der Waals surface area (Å²) in [6.45, 7) is 6.21. The molecule has 0 bridgehead atoms. The summed E-state index contributed by atoms with van der Waals surface area (Å²) in [6, 6.07) is 8.55. The molecule has 0 aliphatic carbocycles. The molecule has 1 aromatic carbocycles. The highest BCUT2D eigenvalue weighted by molar-refractivity contribution is 9.10. The van der Waals surface area contributed by atoms with Crippen molar-refractivity contribution in [1.82, 2.24) is 14.4 Å². The van der Waals surface area contributed by atoms with Gasteiger partial charge >= 0.3 is 0 Å². The van der Waals surface area contributed by atoms with Gasteiger partial charge in [-0.05, 0) is 41.8 Å². The van der Waals surface area contributed by atoms with Crippen LogP contribution in [0.5, 0.6) is 0 Å². The van der Waals surface area contributed by atoms with E-state index in [-0.39, 0.29) is 0 Å². The average molecular weight is 330 g/mol. The Kier molecular flexibility index (Phi) is 3.34. The van der Waals surface area contributed by atoms with Crippen molar-refractivity contribution in [3.8, 4) is 11.3 Å². The number of nitrogens with zero attached hydrogens (tertiary/aromatic N) is 3. The Morgan fingerprint density at radius 3 is 2.45 bits per heavy atom. The number of rotatable bonds is 2. The second-order valence-electron chi connectivity index (χ2n) is 4.94. The Hall–Kier alpha value is -1.68. The zero-order valence-electron chi connectivity index (χ0n) is 11.8. The van der Waals surface area contributed by atoms with E-state index < -0.39 is 0 Å². The summed E-state index contributed by atoms with van der Waals surface area (Å²) >= 11 is 3.57. The lowest BCUT2D eigenvalue weighted by Gasteiger charge is -2.04. The summed E-state index contributed by atoms with van der Waals surface area (Å²) < 4.78 is 3.07. The zero-order chi connectivity index (χ0) is 14.3. The highest BCUT2D eigenvalue weighted by atomic mass is 79.9. The summed E-state index contributed by atoms with van der Waals surface area (Å²) in [5, 5.41) is 0. The van der Waals surface area contributed by atoms with Crippen LogP contribution < -0.4 is 0 Å². The minimum atomic E-state index is 0.748. The third-order valence-corrected chi connectivity index (χ3v) is 4.76. The predicted molar refractivity (Wildman–Crippen MR) is 85.0 cm³/mol. The summed E-state index contributed by atoms with van der Waals surface area (Å²) in [7, 11) is 0. The number of aromatic nitrogens is 3. The first-order chi connectivity index (χ1) is 9.60. The maximum absolute atomic E-state index is 4.63. The second kappa shape index (κ2) is 5.02. The summed E-state index contributed by atoms with van der Waals surface area (Å²) in [5.74, 6) is 0.748. The molecule has 2 aromatic heterocycles. The molecule has 0 spiro atoms. The lowest BCUT2D eigenvalue weighted by atomic mass is 10.1. The third-order valence-electron chi connectivity index (χ3n) is 3.61. The van der Waals surface area contributed by atoms with Gasteiger partial charge in [0, 0.05) is 17.5 Å². The molecule has 3 nitrogen and oxygen atoms in total. The van der Waals surface area contributed by atoms with E-state index in [0.29, 0.717) is 0 Å². The van der Waals surface area contributed by atoms with Crippen molar-refractivity contribution >= 4 is 21.7 Å². The molecule has 0 amide bonds. The minimum Gasteiger partial charge on any atom is -0.287 e. The summed E-state index contributed by atoms with van der Waals surface area (Å²) in [5.41, 5.74) is 5.51. The molecule has 0 aliphatic rings. The van der Waals surface area contributed by atoms with Crippen molar-refractivity contribution in [1.29, 1.82) is 0 Å². The van der Waals surface area contributed by atoms with Crippen LogP contribution in [0, 0.1) is 13.8 Å². The number of fused-ring (bicyclic) bond motifs is 1. The van der Waals surface area contributed by atoms with Gasteiger partial charge in [0.1, 0.15) is 0 Å². The minimum absolute atomic E-state index is 0.748. The molecule has 20 heavy (non-hydrogen) atoms. The Morgan fingerprint density at radius 1 is 1.10 bits per heavy atom. The number of imidazole rings is 1. The highest BCUT2D eigenvalue weighted by Gasteiger charge is 2.11. The van der Waals surface area contributed by atoms with Gasteiger partial charge in [0.05, 0.1) is 15.9 Å². The number of benzene rings is 1. The van der Waals surface area contributed by atoms with Crippen LogP contribution in [-0.4, -0.2) is 14.4 Å². The summed E-state index contributed by atoms with van der Waals surface area (Å²) in [6.07, 6.45) is 3.10. The number of hydrogen-bond donors (Lipinski definition) is 0. The van der Waals surface area contributed by atoms with Crippen LogP contribution in [-0.2, 0) is 6.42 Å². The first-order valence-electron chi connectivity index (χ1n) is 6.71. The van der Waals surface area contributed by atoms with Gasteiger partial charge < -0.3 is 0 Å². The van der Waals surface area contributed by atoms with Crippen molar-refractivity contribution in [3.63, 3.8) is 0 Å². The SMILES string of the molecule is CCc1ccc(-c2cn3c(C)c(Br)c(C)nc3n2)cc1. The van der Waals surface area contributed by atoms with Gasteiger partial charge in [0.25, 0.3) is 0 Å². The van der Waals surface area contributed by atoms with E-state index >= 15 is 0 Å². The third kappa shape index (κ3) is 2.14. The number of aryl methyl sites for hydroxylation is 3. The lowest BCUT2D eigenvalue weighted by molar-refractivity contribution is 0.996. The van der Waals surface area contributed by atoms with Gasteiger partial charge in [-0.25, -0.2) is 9.97 Å². The predicted octanol–water partition coefficient (Wildman–Crippen LogP) is 4.34. The first kappa shape index (κ1) is 13.3. The standard InChI is InChI=1S/C16H16BrN3/c1-4-12-5-7-13(8-6-12)14-9-20-11(3)15(17)10(2)18-16(20)19-14/h5-9H,4H2,1-3H3. The second-order valence-corrected chi connectivity index (χ2v) is 5.74. The van der Waals surface area contributed by atoms with E-state index in [1.54, 1.807) is 0 Å². The van der Waals surface area contributed by atoms with E-state index in [1.165, 1.54) is 5.56 Å². The van der Waals surface area contributed by atoms with Crippen LogP contribution in [0.15, 0.2) is 34.9 Å². The van der Waals surface area contributed by atoms with Crippen molar-refractivity contribution in [2.75, 3.05) is 0 Å². The van der Waals surface area contributed by atoms with E-state index in [9.17, 15) is 0 Å². The normalized spacial score (nSPS) is 11.2. The quantitative estimate of drug-likeness (QED) is 0.700. The van der Waals surface area contributed by atoms with E-state index in [4.69, 9.17) is 0 Å². The largest absolute Gasteiger partial charge is 0.287 e. The lowest BCUT2D eigenvalue weighted by Crippen LogP contribution is -1.97.